The largest absolute Gasteiger partial charge is 0.481 e. The van der Waals surface area contributed by atoms with Crippen LogP contribution in [-0.2, 0) is 23.9 Å². The molecule has 9 heteroatoms. The van der Waals surface area contributed by atoms with Gasteiger partial charge >= 0.3 is 11.9 Å². The van der Waals surface area contributed by atoms with Crippen LogP contribution in [0, 0.1) is 29.6 Å². The highest BCUT2D eigenvalue weighted by Crippen LogP contribution is 2.50. The van der Waals surface area contributed by atoms with Gasteiger partial charge in [0.05, 0.1) is 30.7 Å². The van der Waals surface area contributed by atoms with E-state index in [1.165, 1.54) is 0 Å². The first-order valence-electron chi connectivity index (χ1n) is 14.8. The number of para-hydroxylation sites is 1. The quantitative estimate of drug-likeness (QED) is 0.245. The van der Waals surface area contributed by atoms with Crippen molar-refractivity contribution in [2.45, 2.75) is 103 Å². The molecule has 2 fully saturated rings. The average molecular weight is 562 g/mol. The number of rotatable bonds is 14. The van der Waals surface area contributed by atoms with Crippen molar-refractivity contribution >= 4 is 23.5 Å². The molecule has 0 heterocycles. The number of carbonyl (C=O) groups excluding carboxylic acids is 2. The second-order valence-electron chi connectivity index (χ2n) is 11.9. The van der Waals surface area contributed by atoms with Gasteiger partial charge in [0.2, 0.25) is 5.91 Å². The minimum absolute atomic E-state index is 0.0227. The molecule has 0 aliphatic heterocycles. The van der Waals surface area contributed by atoms with E-state index in [4.69, 9.17) is 14.6 Å². The zero-order chi connectivity index (χ0) is 29.2. The van der Waals surface area contributed by atoms with E-state index in [9.17, 15) is 24.6 Å². The minimum Gasteiger partial charge on any atom is -0.481 e. The highest BCUT2D eigenvalue weighted by Gasteiger charge is 2.48. The van der Waals surface area contributed by atoms with Crippen LogP contribution < -0.4 is 5.32 Å². The second kappa shape index (κ2) is 15.5. The standard InChI is InChI=1S/C31H47NO8/c1-4-19(2)31(38)40-27-17-25(39-18-28(35)32-22-8-6-5-7-9-22)14-21-11-10-20(3)26(30(21)27)13-12-23(33)15-24(34)16-29(36)37/h5-9,19-21,23-27,30,33-34H,4,10-18H2,1-3H3,(H,32,35)(H,36,37)/t19?,20-,21-,23?,24-,25+,26-,27-,30+/m1/s1. The number of nitrogens with one attached hydrogen (secondary N) is 1. The van der Waals surface area contributed by atoms with E-state index in [-0.39, 0.29) is 67.2 Å². The summed E-state index contributed by atoms with van der Waals surface area (Å²) in [6.45, 7) is 5.95. The molecule has 1 aromatic rings. The summed E-state index contributed by atoms with van der Waals surface area (Å²) in [5.41, 5.74) is 0.710. The van der Waals surface area contributed by atoms with Crippen LogP contribution in [-0.4, -0.2) is 64.2 Å². The van der Waals surface area contributed by atoms with Crippen molar-refractivity contribution in [2.75, 3.05) is 11.9 Å². The summed E-state index contributed by atoms with van der Waals surface area (Å²) in [6.07, 6.45) is 2.32. The molecular formula is C31H47NO8. The fourth-order valence-electron chi connectivity index (χ4n) is 6.50. The van der Waals surface area contributed by atoms with E-state index in [2.05, 4.69) is 12.2 Å². The number of aliphatic carboxylic acids is 1. The van der Waals surface area contributed by atoms with Gasteiger partial charge < -0.3 is 30.1 Å². The number of amides is 1. The first-order valence-corrected chi connectivity index (χ1v) is 14.8. The van der Waals surface area contributed by atoms with Crippen molar-refractivity contribution < 1.29 is 39.2 Å². The van der Waals surface area contributed by atoms with E-state index < -0.39 is 18.2 Å². The molecular weight excluding hydrogens is 514 g/mol. The molecule has 9 nitrogen and oxygen atoms in total. The van der Waals surface area contributed by atoms with Crippen LogP contribution in [0.1, 0.15) is 78.6 Å². The highest BCUT2D eigenvalue weighted by atomic mass is 16.5. The summed E-state index contributed by atoms with van der Waals surface area (Å²) in [5.74, 6) is -0.788. The Labute approximate surface area is 237 Å². The van der Waals surface area contributed by atoms with Gasteiger partial charge in [-0.15, -0.1) is 0 Å². The Morgan fingerprint density at radius 1 is 1.07 bits per heavy atom. The van der Waals surface area contributed by atoms with E-state index in [0.29, 0.717) is 37.3 Å². The lowest BCUT2D eigenvalue weighted by Gasteiger charge is -2.50. The van der Waals surface area contributed by atoms with Gasteiger partial charge in [-0.2, -0.15) is 0 Å². The second-order valence-corrected chi connectivity index (χ2v) is 11.9. The van der Waals surface area contributed by atoms with Gasteiger partial charge in [-0.3, -0.25) is 14.4 Å². The molecule has 0 saturated heterocycles. The summed E-state index contributed by atoms with van der Waals surface area (Å²) in [5, 5.41) is 32.2. The Kier molecular flexibility index (Phi) is 12.4. The SMILES string of the molecule is CCC(C)C(=O)O[C@@H]1C[C@@H](OCC(=O)Nc2ccccc2)C[C@H]2CC[C@@H](C)[C@@H](CCC(O)C[C@@H](O)CC(=O)O)[C@H]21. The molecule has 2 saturated carbocycles. The van der Waals surface area contributed by atoms with Crippen LogP contribution in [0.4, 0.5) is 5.69 Å². The van der Waals surface area contributed by atoms with Gasteiger partial charge in [-0.1, -0.05) is 45.4 Å². The number of carbonyl (C=O) groups is 3. The molecule has 9 atom stereocenters. The molecule has 0 spiro atoms. The molecule has 3 rings (SSSR count). The number of anilines is 1. The zero-order valence-corrected chi connectivity index (χ0v) is 24.0. The average Bonchev–Trinajstić information content (AvgIpc) is 2.91. The Hall–Kier alpha value is -2.49. The predicted molar refractivity (Wildman–Crippen MR) is 150 cm³/mol. The summed E-state index contributed by atoms with van der Waals surface area (Å²) in [6, 6.07) is 9.23. The van der Waals surface area contributed by atoms with Crippen molar-refractivity contribution in [3.05, 3.63) is 30.3 Å². The third kappa shape index (κ3) is 9.56. The zero-order valence-electron chi connectivity index (χ0n) is 24.0. The monoisotopic (exact) mass is 561 g/mol. The molecule has 0 aromatic heterocycles. The number of ether oxygens (including phenoxy) is 2. The summed E-state index contributed by atoms with van der Waals surface area (Å²) >= 11 is 0. The Morgan fingerprint density at radius 2 is 1.80 bits per heavy atom. The van der Waals surface area contributed by atoms with Crippen molar-refractivity contribution in [3.8, 4) is 0 Å². The van der Waals surface area contributed by atoms with Crippen molar-refractivity contribution in [1.29, 1.82) is 0 Å². The molecule has 4 N–H and O–H groups in total. The number of carboxylic acids is 1. The number of esters is 1. The van der Waals surface area contributed by atoms with Crippen LogP contribution in [0.5, 0.6) is 0 Å². The molecule has 2 unspecified atom stereocenters. The number of carboxylic acid groups (broad SMARTS) is 1. The van der Waals surface area contributed by atoms with Crippen LogP contribution in [0.3, 0.4) is 0 Å². The summed E-state index contributed by atoms with van der Waals surface area (Å²) < 4.78 is 12.2. The Morgan fingerprint density at radius 3 is 2.48 bits per heavy atom. The number of aliphatic hydroxyl groups excluding tert-OH is 2. The van der Waals surface area contributed by atoms with Gasteiger partial charge in [0.15, 0.2) is 0 Å². The van der Waals surface area contributed by atoms with Crippen LogP contribution >= 0.6 is 0 Å². The van der Waals surface area contributed by atoms with E-state index in [1.54, 1.807) is 0 Å². The number of aliphatic hydroxyl groups is 2. The van der Waals surface area contributed by atoms with Crippen molar-refractivity contribution in [2.24, 2.45) is 29.6 Å². The molecule has 0 radical (unpaired) electrons. The molecule has 2 aliphatic carbocycles. The van der Waals surface area contributed by atoms with Crippen molar-refractivity contribution in [3.63, 3.8) is 0 Å². The van der Waals surface area contributed by atoms with Crippen LogP contribution in [0.15, 0.2) is 30.3 Å². The molecule has 40 heavy (non-hydrogen) atoms. The summed E-state index contributed by atoms with van der Waals surface area (Å²) in [4.78, 5) is 36.3. The third-order valence-corrected chi connectivity index (χ3v) is 8.83. The topological polar surface area (TPSA) is 142 Å². The fourth-order valence-corrected chi connectivity index (χ4v) is 6.50. The smallest absolute Gasteiger partial charge is 0.308 e. The highest BCUT2D eigenvalue weighted by molar-refractivity contribution is 5.91. The van der Waals surface area contributed by atoms with Crippen LogP contribution in [0.25, 0.3) is 0 Å². The number of hydrogen-bond donors (Lipinski definition) is 4. The van der Waals surface area contributed by atoms with E-state index in [1.807, 2.05) is 44.2 Å². The van der Waals surface area contributed by atoms with Gasteiger partial charge in [0.25, 0.3) is 0 Å². The normalized spacial score (nSPS) is 28.5. The fraction of sp³-hybridized carbons (Fsp3) is 0.710. The molecule has 1 amide bonds. The Balaban J connectivity index is 1.66. The van der Waals surface area contributed by atoms with E-state index in [0.717, 1.165) is 19.3 Å². The molecule has 2 aliphatic rings. The van der Waals surface area contributed by atoms with Gasteiger partial charge in [0, 0.05) is 18.0 Å². The van der Waals surface area contributed by atoms with Gasteiger partial charge in [-0.05, 0) is 68.4 Å². The van der Waals surface area contributed by atoms with Crippen molar-refractivity contribution in [1.82, 2.24) is 0 Å². The Bertz CT molecular complexity index is 956. The maximum absolute atomic E-state index is 12.9. The maximum atomic E-state index is 12.9. The number of hydrogen-bond acceptors (Lipinski definition) is 7. The molecule has 0 bridgehead atoms. The first-order chi connectivity index (χ1) is 19.1. The lowest BCUT2D eigenvalue weighted by molar-refractivity contribution is -0.173. The lowest BCUT2D eigenvalue weighted by atomic mass is 9.59. The van der Waals surface area contributed by atoms with Crippen LogP contribution in [0.2, 0.25) is 0 Å². The molecule has 224 valence electrons. The lowest BCUT2D eigenvalue weighted by Crippen LogP contribution is -2.50. The predicted octanol–water partition coefficient (Wildman–Crippen LogP) is 4.41. The first kappa shape index (κ1) is 32.0. The maximum Gasteiger partial charge on any atom is 0.308 e. The minimum atomic E-state index is -1.09. The number of benzene rings is 1. The summed E-state index contributed by atoms with van der Waals surface area (Å²) in [7, 11) is 0. The van der Waals surface area contributed by atoms with E-state index >= 15 is 0 Å². The molecule has 1 aromatic carbocycles. The van der Waals surface area contributed by atoms with Gasteiger partial charge in [-0.25, -0.2) is 0 Å². The third-order valence-electron chi connectivity index (χ3n) is 8.83. The number of fused-ring (bicyclic) bond motifs is 1. The van der Waals surface area contributed by atoms with Gasteiger partial charge in [0.1, 0.15) is 12.7 Å².